The van der Waals surface area contributed by atoms with Gasteiger partial charge in [0.2, 0.25) is 15.9 Å². The van der Waals surface area contributed by atoms with Crippen molar-refractivity contribution in [2.24, 2.45) is 0 Å². The minimum Gasteiger partial charge on any atom is -0.352 e. The fraction of sp³-hybridized carbons (Fsp3) is 0.682. The standard InChI is InChI=1S/C22H35N3O3S/c1-15-13-18(22(4,5)6)14-16(2)20(15)29(27,28)25-11-9-24(10-12-25)17(3)21(26)23-19-7-8-19/h13-14,17,19H,7-12H2,1-6H3,(H,23,26). The van der Waals surface area contributed by atoms with E-state index in [1.165, 1.54) is 0 Å². The van der Waals surface area contributed by atoms with Gasteiger partial charge < -0.3 is 5.32 Å². The van der Waals surface area contributed by atoms with E-state index in [1.54, 1.807) is 4.31 Å². The van der Waals surface area contributed by atoms with E-state index in [-0.39, 0.29) is 17.4 Å². The number of nitrogens with zero attached hydrogens (tertiary/aromatic N) is 2. The largest absolute Gasteiger partial charge is 0.352 e. The Morgan fingerprint density at radius 1 is 1.07 bits per heavy atom. The van der Waals surface area contributed by atoms with Crippen molar-refractivity contribution >= 4 is 15.9 Å². The minimum atomic E-state index is -3.56. The summed E-state index contributed by atoms with van der Waals surface area (Å²) in [5.41, 5.74) is 2.72. The van der Waals surface area contributed by atoms with Crippen molar-refractivity contribution in [1.29, 1.82) is 0 Å². The number of amides is 1. The number of rotatable bonds is 5. The van der Waals surface area contributed by atoms with Gasteiger partial charge in [0.15, 0.2) is 0 Å². The summed E-state index contributed by atoms with van der Waals surface area (Å²) in [5.74, 6) is 0.0493. The normalized spacial score (nSPS) is 20.5. The molecule has 1 aromatic rings. The number of benzene rings is 1. The summed E-state index contributed by atoms with van der Waals surface area (Å²) < 4.78 is 28.3. The Hall–Kier alpha value is -1.44. The monoisotopic (exact) mass is 421 g/mol. The molecule has 1 saturated carbocycles. The van der Waals surface area contributed by atoms with Crippen LogP contribution in [0.1, 0.15) is 57.2 Å². The number of hydrogen-bond acceptors (Lipinski definition) is 4. The van der Waals surface area contributed by atoms with Crippen molar-refractivity contribution in [2.45, 2.75) is 76.8 Å². The molecule has 162 valence electrons. The lowest BCUT2D eigenvalue weighted by atomic mass is 9.85. The Morgan fingerprint density at radius 2 is 1.59 bits per heavy atom. The smallest absolute Gasteiger partial charge is 0.243 e. The molecule has 1 atom stereocenters. The topological polar surface area (TPSA) is 69.7 Å². The molecular formula is C22H35N3O3S. The fourth-order valence-electron chi connectivity index (χ4n) is 3.97. The summed E-state index contributed by atoms with van der Waals surface area (Å²) in [6, 6.07) is 4.12. The summed E-state index contributed by atoms with van der Waals surface area (Å²) >= 11 is 0. The number of carbonyl (C=O) groups excluding carboxylic acids is 1. The van der Waals surface area contributed by atoms with Crippen LogP contribution in [0.3, 0.4) is 0 Å². The van der Waals surface area contributed by atoms with E-state index in [0.717, 1.165) is 29.5 Å². The minimum absolute atomic E-state index is 0.0272. The second-order valence-electron chi connectivity index (χ2n) is 9.59. The Morgan fingerprint density at radius 3 is 2.03 bits per heavy atom. The van der Waals surface area contributed by atoms with Crippen LogP contribution in [0.25, 0.3) is 0 Å². The van der Waals surface area contributed by atoms with Crippen LogP contribution < -0.4 is 5.32 Å². The van der Waals surface area contributed by atoms with Crippen molar-refractivity contribution in [3.63, 3.8) is 0 Å². The maximum atomic E-state index is 13.4. The van der Waals surface area contributed by atoms with Gasteiger partial charge in [0, 0.05) is 32.2 Å². The van der Waals surface area contributed by atoms with Gasteiger partial charge in [0.25, 0.3) is 0 Å². The van der Waals surface area contributed by atoms with E-state index in [9.17, 15) is 13.2 Å². The molecule has 2 fully saturated rings. The lowest BCUT2D eigenvalue weighted by Crippen LogP contribution is -2.55. The van der Waals surface area contributed by atoms with Crippen molar-refractivity contribution in [2.75, 3.05) is 26.2 Å². The van der Waals surface area contributed by atoms with Gasteiger partial charge in [-0.05, 0) is 55.7 Å². The summed E-state index contributed by atoms with van der Waals surface area (Å²) in [5, 5.41) is 3.04. The summed E-state index contributed by atoms with van der Waals surface area (Å²) in [6.45, 7) is 14.0. The molecule has 1 aliphatic carbocycles. The zero-order valence-electron chi connectivity index (χ0n) is 18.6. The van der Waals surface area contributed by atoms with E-state index in [0.29, 0.717) is 37.1 Å². The van der Waals surface area contributed by atoms with Gasteiger partial charge in [0.05, 0.1) is 10.9 Å². The van der Waals surface area contributed by atoms with Crippen LogP contribution in [0.15, 0.2) is 17.0 Å². The molecule has 7 heteroatoms. The number of hydrogen-bond donors (Lipinski definition) is 1. The molecule has 0 bridgehead atoms. The maximum absolute atomic E-state index is 13.4. The third-order valence-corrected chi connectivity index (χ3v) is 8.25. The predicted molar refractivity (Wildman–Crippen MR) is 116 cm³/mol. The molecule has 29 heavy (non-hydrogen) atoms. The zero-order valence-corrected chi connectivity index (χ0v) is 19.4. The van der Waals surface area contributed by atoms with Crippen LogP contribution in [0, 0.1) is 13.8 Å². The Balaban J connectivity index is 1.72. The van der Waals surface area contributed by atoms with Crippen LogP contribution in [0.5, 0.6) is 0 Å². The number of carbonyl (C=O) groups is 1. The van der Waals surface area contributed by atoms with Crippen molar-refractivity contribution in [1.82, 2.24) is 14.5 Å². The third-order valence-electron chi connectivity index (χ3n) is 6.05. The number of piperazine rings is 1. The molecule has 1 heterocycles. The molecular weight excluding hydrogens is 386 g/mol. The molecule has 0 aromatic heterocycles. The summed E-state index contributed by atoms with van der Waals surface area (Å²) in [4.78, 5) is 14.8. The van der Waals surface area contributed by atoms with Crippen LogP contribution in [0.4, 0.5) is 0 Å². The number of sulfonamides is 1. The molecule has 3 rings (SSSR count). The number of nitrogens with one attached hydrogen (secondary N) is 1. The molecule has 0 spiro atoms. The van der Waals surface area contributed by atoms with Gasteiger partial charge >= 0.3 is 0 Å². The van der Waals surface area contributed by atoms with Gasteiger partial charge in [-0.3, -0.25) is 9.69 Å². The molecule has 1 aromatic carbocycles. The second kappa shape index (κ2) is 8.00. The lowest BCUT2D eigenvalue weighted by molar-refractivity contribution is -0.126. The van der Waals surface area contributed by atoms with Gasteiger partial charge in [-0.25, -0.2) is 8.42 Å². The SMILES string of the molecule is Cc1cc(C(C)(C)C)cc(C)c1S(=O)(=O)N1CCN(C(C)C(=O)NC2CC2)CC1. The van der Waals surface area contributed by atoms with E-state index in [4.69, 9.17) is 0 Å². The van der Waals surface area contributed by atoms with E-state index < -0.39 is 10.0 Å². The van der Waals surface area contributed by atoms with E-state index in [2.05, 4.69) is 31.0 Å². The van der Waals surface area contributed by atoms with Crippen LogP contribution in [-0.2, 0) is 20.2 Å². The van der Waals surface area contributed by atoms with Crippen molar-refractivity contribution in [3.8, 4) is 0 Å². The van der Waals surface area contributed by atoms with Crippen LogP contribution >= 0.6 is 0 Å². The first-order valence-electron chi connectivity index (χ1n) is 10.6. The lowest BCUT2D eigenvalue weighted by Gasteiger charge is -2.37. The molecule has 2 aliphatic rings. The average Bonchev–Trinajstić information content (AvgIpc) is 3.43. The first-order chi connectivity index (χ1) is 13.4. The van der Waals surface area contributed by atoms with Crippen LogP contribution in [0.2, 0.25) is 0 Å². The third kappa shape index (κ3) is 4.84. The fourth-order valence-corrected chi connectivity index (χ4v) is 5.80. The summed E-state index contributed by atoms with van der Waals surface area (Å²) in [7, 11) is -3.56. The molecule has 1 unspecified atom stereocenters. The molecule has 1 N–H and O–H groups in total. The van der Waals surface area contributed by atoms with Crippen molar-refractivity contribution < 1.29 is 13.2 Å². The van der Waals surface area contributed by atoms with Crippen LogP contribution in [-0.4, -0.2) is 61.8 Å². The highest BCUT2D eigenvalue weighted by atomic mass is 32.2. The van der Waals surface area contributed by atoms with Gasteiger partial charge in [-0.15, -0.1) is 0 Å². The first-order valence-corrected chi connectivity index (χ1v) is 12.0. The van der Waals surface area contributed by atoms with Gasteiger partial charge in [-0.1, -0.05) is 32.9 Å². The molecule has 0 radical (unpaired) electrons. The van der Waals surface area contributed by atoms with E-state index in [1.807, 2.05) is 32.9 Å². The highest BCUT2D eigenvalue weighted by molar-refractivity contribution is 7.89. The quantitative estimate of drug-likeness (QED) is 0.793. The molecule has 1 saturated heterocycles. The first kappa shape index (κ1) is 22.2. The zero-order chi connectivity index (χ0) is 21.6. The maximum Gasteiger partial charge on any atom is 0.243 e. The number of aryl methyl sites for hydroxylation is 2. The molecule has 6 nitrogen and oxygen atoms in total. The summed E-state index contributed by atoms with van der Waals surface area (Å²) in [6.07, 6.45) is 2.13. The second-order valence-corrected chi connectivity index (χ2v) is 11.5. The highest BCUT2D eigenvalue weighted by Crippen LogP contribution is 2.31. The average molecular weight is 422 g/mol. The Labute approximate surface area is 175 Å². The van der Waals surface area contributed by atoms with Gasteiger partial charge in [-0.2, -0.15) is 4.31 Å². The molecule has 1 aliphatic heterocycles. The Bertz CT molecular complexity index is 854. The predicted octanol–water partition coefficient (Wildman–Crippen LogP) is 2.57. The van der Waals surface area contributed by atoms with Crippen molar-refractivity contribution in [3.05, 3.63) is 28.8 Å². The van der Waals surface area contributed by atoms with E-state index >= 15 is 0 Å². The highest BCUT2D eigenvalue weighted by Gasteiger charge is 2.35. The Kier molecular flexibility index (Phi) is 6.14. The molecule has 1 amide bonds. The van der Waals surface area contributed by atoms with Gasteiger partial charge in [0.1, 0.15) is 0 Å².